The topological polar surface area (TPSA) is 50.1 Å². The summed E-state index contributed by atoms with van der Waals surface area (Å²) in [5.41, 5.74) is 2.82. The van der Waals surface area contributed by atoms with Gasteiger partial charge in [-0.15, -0.1) is 0 Å². The molecule has 1 aromatic heterocycles. The lowest BCUT2D eigenvalue weighted by molar-refractivity contribution is -0.202. The fourth-order valence-electron chi connectivity index (χ4n) is 3.24. The van der Waals surface area contributed by atoms with E-state index >= 15 is 0 Å². The Kier molecular flexibility index (Phi) is 5.23. The summed E-state index contributed by atoms with van der Waals surface area (Å²) < 4.78 is 28.6. The van der Waals surface area contributed by atoms with Crippen molar-refractivity contribution in [3.8, 4) is 5.75 Å². The fraction of sp³-hybridized carbons (Fsp3) is 0.300. The Morgan fingerprint density at radius 2 is 1.85 bits per heavy atom. The van der Waals surface area contributed by atoms with E-state index in [0.717, 1.165) is 28.5 Å². The minimum absolute atomic E-state index is 0. The zero-order valence-electron chi connectivity index (χ0n) is 14.4. The summed E-state index contributed by atoms with van der Waals surface area (Å²) in [6.45, 7) is 2.04. The van der Waals surface area contributed by atoms with Crippen LogP contribution in [0.25, 0.3) is 11.0 Å². The molecule has 1 unspecified atom stereocenters. The fourth-order valence-corrected chi connectivity index (χ4v) is 3.42. The van der Waals surface area contributed by atoms with E-state index in [-0.39, 0.29) is 1.43 Å². The van der Waals surface area contributed by atoms with Gasteiger partial charge in [-0.3, -0.25) is 0 Å². The van der Waals surface area contributed by atoms with Crippen LogP contribution in [0.5, 0.6) is 5.75 Å². The van der Waals surface area contributed by atoms with Gasteiger partial charge < -0.3 is 23.2 Å². The quantitative estimate of drug-likeness (QED) is 0.454. The Morgan fingerprint density at radius 1 is 1.04 bits per heavy atom. The maximum absolute atomic E-state index is 5.93. The number of hydrogen-bond donors (Lipinski definition) is 0. The van der Waals surface area contributed by atoms with Gasteiger partial charge in [-0.2, -0.15) is 0 Å². The Morgan fingerprint density at radius 3 is 2.62 bits per heavy atom. The second-order valence-corrected chi connectivity index (χ2v) is 6.37. The van der Waals surface area contributed by atoms with E-state index < -0.39 is 5.79 Å². The average molecular weight is 376 g/mol. The van der Waals surface area contributed by atoms with Gasteiger partial charge in [0, 0.05) is 17.9 Å². The van der Waals surface area contributed by atoms with E-state index in [1.165, 1.54) is 0 Å². The maximum atomic E-state index is 5.93. The zero-order valence-corrected chi connectivity index (χ0v) is 15.5. The van der Waals surface area contributed by atoms with Crippen LogP contribution in [-0.4, -0.2) is 26.4 Å². The summed E-state index contributed by atoms with van der Waals surface area (Å²) in [4.78, 5) is 0. The van der Waals surface area contributed by atoms with Gasteiger partial charge in [-0.25, -0.2) is 0 Å². The summed E-state index contributed by atoms with van der Waals surface area (Å²) in [7, 11) is 2.25. The summed E-state index contributed by atoms with van der Waals surface area (Å²) in [6, 6.07) is 15.8. The Bertz CT molecular complexity index is 861. The molecule has 2 heterocycles. The van der Waals surface area contributed by atoms with Crippen molar-refractivity contribution in [3.63, 3.8) is 0 Å². The van der Waals surface area contributed by atoms with Gasteiger partial charge in [0.05, 0.1) is 35.6 Å². The predicted molar refractivity (Wildman–Crippen MR) is 103 cm³/mol. The summed E-state index contributed by atoms with van der Waals surface area (Å²) >= 11 is 0. The molecule has 0 bridgehead atoms. The lowest BCUT2D eigenvalue weighted by Gasteiger charge is -2.27. The number of hydrogen-bond acceptors (Lipinski definition) is 5. The number of furan rings is 1. The highest BCUT2D eigenvalue weighted by molar-refractivity contribution is 7.10. The molecule has 1 atom stereocenters. The number of rotatable bonds is 7. The van der Waals surface area contributed by atoms with Crippen molar-refractivity contribution in [1.82, 2.24) is 0 Å². The van der Waals surface area contributed by atoms with Crippen LogP contribution in [0.1, 0.15) is 12.6 Å². The predicted octanol–water partition coefficient (Wildman–Crippen LogP) is 4.31. The molecule has 0 saturated carbocycles. The van der Waals surface area contributed by atoms with Crippen LogP contribution in [0.2, 0.25) is 0 Å². The van der Waals surface area contributed by atoms with Crippen LogP contribution in [0.4, 0.5) is 0 Å². The Labute approximate surface area is 156 Å². The molecule has 5 nitrogen and oxygen atoms in total. The number of fused-ring (bicyclic) bond motifs is 1. The average Bonchev–Trinajstić information content (AvgIpc) is 3.34. The number of para-hydroxylation sites is 1. The van der Waals surface area contributed by atoms with Gasteiger partial charge in [0.15, 0.2) is 11.3 Å². The second kappa shape index (κ2) is 7.77. The van der Waals surface area contributed by atoms with Crippen molar-refractivity contribution in [2.24, 2.45) is 0 Å². The van der Waals surface area contributed by atoms with Gasteiger partial charge in [-0.05, 0) is 12.5 Å². The highest BCUT2D eigenvalue weighted by atomic mass is 31.0. The van der Waals surface area contributed by atoms with Crippen molar-refractivity contribution >= 4 is 20.4 Å². The van der Waals surface area contributed by atoms with Gasteiger partial charge >= 0.3 is 0 Å². The van der Waals surface area contributed by atoms with Crippen LogP contribution in [0, 0.1) is 0 Å². The maximum Gasteiger partial charge on any atom is 0.219 e. The monoisotopic (exact) mass is 376 g/mol. The highest BCUT2D eigenvalue weighted by Gasteiger charge is 2.38. The molecule has 0 amide bonds. The van der Waals surface area contributed by atoms with Crippen LogP contribution in [0.15, 0.2) is 59.2 Å². The van der Waals surface area contributed by atoms with Crippen molar-refractivity contribution in [2.75, 3.05) is 26.4 Å². The third kappa shape index (κ3) is 3.36. The zero-order chi connectivity index (χ0) is 17.8. The first-order chi connectivity index (χ1) is 12.8. The van der Waals surface area contributed by atoms with Gasteiger partial charge in [0.2, 0.25) is 5.79 Å². The molecule has 3 aromatic rings. The van der Waals surface area contributed by atoms with E-state index in [1.54, 1.807) is 6.26 Å². The molecule has 1 aliphatic rings. The molecule has 26 heavy (non-hydrogen) atoms. The molecule has 2 aromatic carbocycles. The minimum Gasteiger partial charge on any atom is -0.476 e. The van der Waals surface area contributed by atoms with Crippen LogP contribution < -0.4 is 4.52 Å². The molecule has 0 aliphatic carbocycles. The summed E-state index contributed by atoms with van der Waals surface area (Å²) in [5.74, 6) is -0.101. The third-order valence-electron chi connectivity index (χ3n) is 4.55. The number of ether oxygens (including phenoxy) is 3. The summed E-state index contributed by atoms with van der Waals surface area (Å²) in [5, 5.41) is 1.04. The van der Waals surface area contributed by atoms with Crippen molar-refractivity contribution in [2.45, 2.75) is 12.2 Å². The standard InChI is InChI=1S/C20H21O5P.H2/c26-25-18-8-4-7-17-15(13-22-19(17)18)9-10-21-14-20(23-11-12-24-20)16-5-2-1-3-6-16;/h1-8,13H,9-12,14,26H2;1H/i;1+2. The van der Waals surface area contributed by atoms with Crippen LogP contribution in [-0.2, 0) is 26.4 Å². The molecule has 1 fully saturated rings. The molecule has 0 N–H and O–H groups in total. The molecule has 0 radical (unpaired) electrons. The van der Waals surface area contributed by atoms with E-state index in [0.29, 0.717) is 32.2 Å². The number of benzene rings is 2. The van der Waals surface area contributed by atoms with Gasteiger partial charge in [0.1, 0.15) is 6.61 Å². The van der Waals surface area contributed by atoms with E-state index in [1.807, 2.05) is 48.5 Å². The molecular formula is C20H23O5P. The van der Waals surface area contributed by atoms with Gasteiger partial charge in [-0.1, -0.05) is 42.5 Å². The first-order valence-electron chi connectivity index (χ1n) is 8.59. The van der Waals surface area contributed by atoms with E-state index in [9.17, 15) is 0 Å². The molecule has 1 saturated heterocycles. The Hall–Kier alpha value is -1.91. The van der Waals surface area contributed by atoms with E-state index in [4.69, 9.17) is 23.2 Å². The highest BCUT2D eigenvalue weighted by Crippen LogP contribution is 2.33. The van der Waals surface area contributed by atoms with E-state index in [2.05, 4.69) is 9.47 Å². The van der Waals surface area contributed by atoms with Crippen LogP contribution in [0.3, 0.4) is 0 Å². The molecular weight excluding hydrogens is 351 g/mol. The molecule has 6 heteroatoms. The Balaban J connectivity index is 0.00000210. The largest absolute Gasteiger partial charge is 0.476 e. The van der Waals surface area contributed by atoms with Crippen LogP contribution >= 0.6 is 9.47 Å². The smallest absolute Gasteiger partial charge is 0.219 e. The molecule has 138 valence electrons. The van der Waals surface area contributed by atoms with Crippen molar-refractivity contribution < 1.29 is 24.6 Å². The molecule has 0 spiro atoms. The molecule has 1 aliphatic heterocycles. The third-order valence-corrected chi connectivity index (χ3v) is 4.80. The minimum atomic E-state index is -0.805. The lowest BCUT2D eigenvalue weighted by Crippen LogP contribution is -2.33. The second-order valence-electron chi connectivity index (χ2n) is 6.13. The van der Waals surface area contributed by atoms with Crippen molar-refractivity contribution in [1.29, 1.82) is 0 Å². The SMILES string of the molecule is POc1cccc2c(CCOCC3(c4ccccc4)OCCO3)coc12.[3HH]. The lowest BCUT2D eigenvalue weighted by atomic mass is 10.1. The first-order valence-corrected chi connectivity index (χ1v) is 9.06. The summed E-state index contributed by atoms with van der Waals surface area (Å²) in [6.07, 6.45) is 2.49. The van der Waals surface area contributed by atoms with Gasteiger partial charge in [0.25, 0.3) is 0 Å². The normalized spacial score (nSPS) is 16.2. The first kappa shape index (κ1) is 17.5. The van der Waals surface area contributed by atoms with Crippen molar-refractivity contribution in [3.05, 3.63) is 65.9 Å². The molecule has 4 rings (SSSR count).